The Balaban J connectivity index is 1.82. The molecule has 0 fully saturated rings. The maximum Gasteiger partial charge on any atom is 0.0939 e. The van der Waals surface area contributed by atoms with Gasteiger partial charge in [-0.1, -0.05) is 47.6 Å². The summed E-state index contributed by atoms with van der Waals surface area (Å²) in [5.41, 5.74) is 7.75. The van der Waals surface area contributed by atoms with Gasteiger partial charge in [-0.3, -0.25) is 10.3 Å². The third-order valence-corrected chi connectivity index (χ3v) is 5.03. The van der Waals surface area contributed by atoms with E-state index in [1.54, 1.807) is 0 Å². The Morgan fingerprint density at radius 3 is 2.93 bits per heavy atom. The molecule has 3 N–H and O–H groups in total. The van der Waals surface area contributed by atoms with Crippen molar-refractivity contribution in [2.45, 2.75) is 6.92 Å². The summed E-state index contributed by atoms with van der Waals surface area (Å²) in [5.74, 6) is 0. The highest BCUT2D eigenvalue weighted by atomic mass is 79.9. The van der Waals surface area contributed by atoms with Gasteiger partial charge in [0.15, 0.2) is 0 Å². The molecule has 2 aromatic carbocycles. The van der Waals surface area contributed by atoms with Crippen LogP contribution in [0.25, 0.3) is 16.5 Å². The van der Waals surface area contributed by atoms with Crippen LogP contribution in [0.5, 0.6) is 0 Å². The first-order chi connectivity index (χ1) is 13.2. The number of likely N-dealkylation sites (N-methyl/N-ethyl adjacent to an activating group) is 1. The lowest BCUT2D eigenvalue weighted by atomic mass is 10.1. The molecule has 138 valence electrons. The molecule has 0 amide bonds. The number of nitrogens with zero attached hydrogens (tertiary/aromatic N) is 1. The third kappa shape index (κ3) is 3.43. The van der Waals surface area contributed by atoms with Crippen LogP contribution in [0.3, 0.4) is 0 Å². The number of benzene rings is 2. The van der Waals surface area contributed by atoms with Gasteiger partial charge in [-0.25, -0.2) is 4.99 Å². The summed E-state index contributed by atoms with van der Waals surface area (Å²) in [6, 6.07) is 14.2. The molecule has 5 nitrogen and oxygen atoms in total. The minimum Gasteiger partial charge on any atom is -0.353 e. The van der Waals surface area contributed by atoms with Gasteiger partial charge in [0.05, 0.1) is 29.0 Å². The van der Waals surface area contributed by atoms with E-state index in [9.17, 15) is 0 Å². The van der Waals surface area contributed by atoms with E-state index in [-0.39, 0.29) is 0 Å². The first kappa shape index (κ1) is 18.0. The molecule has 6 heteroatoms. The monoisotopic (exact) mass is 424 g/mol. The molecule has 0 saturated carbocycles. The fraction of sp³-hybridized carbons (Fsp3) is 0.190. The van der Waals surface area contributed by atoms with Crippen molar-refractivity contribution in [2.75, 3.05) is 25.2 Å². The molecule has 1 aromatic heterocycles. The summed E-state index contributed by atoms with van der Waals surface area (Å²) >= 11 is 3.56. The number of halogens is 1. The van der Waals surface area contributed by atoms with Crippen LogP contribution < -0.4 is 21.4 Å². The van der Waals surface area contributed by atoms with E-state index in [4.69, 9.17) is 4.84 Å². The van der Waals surface area contributed by atoms with Crippen LogP contribution in [0.15, 0.2) is 64.2 Å². The van der Waals surface area contributed by atoms with E-state index < -0.39 is 0 Å². The predicted octanol–water partition coefficient (Wildman–Crippen LogP) is 3.23. The van der Waals surface area contributed by atoms with Gasteiger partial charge in [0.25, 0.3) is 0 Å². The van der Waals surface area contributed by atoms with Gasteiger partial charge in [-0.2, -0.15) is 0 Å². The van der Waals surface area contributed by atoms with Crippen LogP contribution >= 0.6 is 15.9 Å². The van der Waals surface area contributed by atoms with Crippen LogP contribution in [-0.2, 0) is 4.84 Å². The van der Waals surface area contributed by atoms with Crippen LogP contribution in [0.2, 0.25) is 0 Å². The highest BCUT2D eigenvalue weighted by Crippen LogP contribution is 2.34. The first-order valence-corrected chi connectivity index (χ1v) is 9.76. The number of allylic oxidation sites excluding steroid dienone is 1. The fourth-order valence-electron chi connectivity index (χ4n) is 3.30. The summed E-state index contributed by atoms with van der Waals surface area (Å²) < 4.78 is 1.01. The van der Waals surface area contributed by atoms with E-state index in [1.807, 2.05) is 24.3 Å². The van der Waals surface area contributed by atoms with Crippen molar-refractivity contribution in [3.63, 3.8) is 0 Å². The van der Waals surface area contributed by atoms with Crippen molar-refractivity contribution >= 4 is 38.1 Å². The zero-order valence-corrected chi connectivity index (χ0v) is 16.7. The molecule has 4 rings (SSSR count). The van der Waals surface area contributed by atoms with Crippen molar-refractivity contribution in [1.29, 1.82) is 0 Å². The van der Waals surface area contributed by atoms with E-state index in [2.05, 4.69) is 68.4 Å². The molecular formula is C21H21BrN4O. The smallest absolute Gasteiger partial charge is 0.0939 e. The number of aromatic amines is 1. The van der Waals surface area contributed by atoms with Gasteiger partial charge in [-0.15, -0.1) is 0 Å². The van der Waals surface area contributed by atoms with Crippen molar-refractivity contribution in [2.24, 2.45) is 4.99 Å². The van der Waals surface area contributed by atoms with Crippen molar-refractivity contribution < 1.29 is 4.84 Å². The Kier molecular flexibility index (Phi) is 5.11. The number of H-pyrrole nitrogens is 1. The van der Waals surface area contributed by atoms with E-state index in [0.717, 1.165) is 61.7 Å². The topological polar surface area (TPSA) is 61.4 Å². The minimum absolute atomic E-state index is 0.565. The molecule has 0 radical (unpaired) electrons. The second-order valence-corrected chi connectivity index (χ2v) is 7.24. The van der Waals surface area contributed by atoms with Gasteiger partial charge in [0.1, 0.15) is 0 Å². The van der Waals surface area contributed by atoms with Crippen molar-refractivity contribution in [3.8, 4) is 0 Å². The Morgan fingerprint density at radius 1 is 1.22 bits per heavy atom. The molecule has 1 aliphatic heterocycles. The highest BCUT2D eigenvalue weighted by molar-refractivity contribution is 9.10. The minimum atomic E-state index is 0.565. The fourth-order valence-corrected chi connectivity index (χ4v) is 3.66. The van der Waals surface area contributed by atoms with Gasteiger partial charge in [-0.05, 0) is 30.8 Å². The van der Waals surface area contributed by atoms with E-state index in [1.165, 1.54) is 0 Å². The lowest BCUT2D eigenvalue weighted by Gasteiger charge is -2.10. The molecule has 2 heterocycles. The summed E-state index contributed by atoms with van der Waals surface area (Å²) in [4.78, 5) is 13.9. The number of anilines is 1. The molecule has 1 aliphatic rings. The number of para-hydroxylation sites is 1. The van der Waals surface area contributed by atoms with Crippen molar-refractivity contribution in [1.82, 2.24) is 10.3 Å². The normalized spacial score (nSPS) is 13.1. The van der Waals surface area contributed by atoms with Crippen LogP contribution in [0, 0.1) is 0 Å². The van der Waals surface area contributed by atoms with Crippen molar-refractivity contribution in [3.05, 3.63) is 75.5 Å². The largest absolute Gasteiger partial charge is 0.353 e. The van der Waals surface area contributed by atoms with E-state index >= 15 is 0 Å². The Morgan fingerprint density at radius 2 is 2.07 bits per heavy atom. The number of hydrogen-bond acceptors (Lipinski definition) is 4. The van der Waals surface area contributed by atoms with Crippen LogP contribution in [0.4, 0.5) is 5.69 Å². The van der Waals surface area contributed by atoms with Gasteiger partial charge in [0, 0.05) is 32.7 Å². The third-order valence-electron chi connectivity index (χ3n) is 4.53. The lowest BCUT2D eigenvalue weighted by molar-refractivity contribution is 0.195. The summed E-state index contributed by atoms with van der Waals surface area (Å²) in [6.07, 6.45) is 0. The standard InChI is InChI=1S/C21H21BrN4O/c1-3-23-10-11-27-26-20-15-6-4-5-7-17(15)25-21(20)19-13(2)24-18-9-8-14(22)12-16(18)19/h4-9,12,23,25-26H,2-3,10-11H2,1H3. The summed E-state index contributed by atoms with van der Waals surface area (Å²) in [7, 11) is 0. The average Bonchev–Trinajstić information content (AvgIpc) is 3.18. The SMILES string of the molecule is C=C1N=c2ccc(Br)cc2=C1c1[nH]c2ccccc2c1NOCCNCC. The molecule has 0 atom stereocenters. The quantitative estimate of drug-likeness (QED) is 0.403. The number of hydrogen-bond donors (Lipinski definition) is 3. The zero-order chi connectivity index (χ0) is 18.8. The molecule has 0 saturated heterocycles. The Hall–Kier alpha value is -2.41. The highest BCUT2D eigenvalue weighted by Gasteiger charge is 2.21. The molecule has 0 bridgehead atoms. The van der Waals surface area contributed by atoms with Gasteiger partial charge >= 0.3 is 0 Å². The summed E-state index contributed by atoms with van der Waals surface area (Å²) in [5, 5.41) is 6.30. The number of nitrogens with one attached hydrogen (secondary N) is 3. The number of fused-ring (bicyclic) bond motifs is 2. The maximum atomic E-state index is 5.72. The second-order valence-electron chi connectivity index (χ2n) is 6.32. The van der Waals surface area contributed by atoms with E-state index in [0.29, 0.717) is 6.61 Å². The average molecular weight is 425 g/mol. The lowest BCUT2D eigenvalue weighted by Crippen LogP contribution is -2.23. The second kappa shape index (κ2) is 7.68. The molecular weight excluding hydrogens is 404 g/mol. The molecule has 27 heavy (non-hydrogen) atoms. The molecule has 0 aliphatic carbocycles. The zero-order valence-electron chi connectivity index (χ0n) is 15.1. The van der Waals surface area contributed by atoms with Gasteiger partial charge < -0.3 is 10.3 Å². The Bertz CT molecular complexity index is 1130. The predicted molar refractivity (Wildman–Crippen MR) is 113 cm³/mol. The number of aromatic nitrogens is 1. The first-order valence-electron chi connectivity index (χ1n) is 8.96. The summed E-state index contributed by atoms with van der Waals surface area (Å²) in [6.45, 7) is 8.52. The Labute approximate surface area is 165 Å². The maximum absolute atomic E-state index is 5.72. The molecule has 0 unspecified atom stereocenters. The molecule has 3 aromatic rings. The number of rotatable bonds is 7. The van der Waals surface area contributed by atoms with Crippen LogP contribution in [0.1, 0.15) is 12.6 Å². The van der Waals surface area contributed by atoms with Gasteiger partial charge in [0.2, 0.25) is 0 Å². The van der Waals surface area contributed by atoms with Crippen LogP contribution in [-0.4, -0.2) is 24.7 Å². The molecule has 0 spiro atoms.